The van der Waals surface area contributed by atoms with E-state index in [0.717, 1.165) is 17.7 Å². The molecule has 2 N–H and O–H groups in total. The van der Waals surface area contributed by atoms with Crippen LogP contribution in [0.4, 0.5) is 15.2 Å². The molecule has 1 unspecified atom stereocenters. The van der Waals surface area contributed by atoms with Crippen LogP contribution in [0, 0.1) is 5.82 Å². The lowest BCUT2D eigenvalue weighted by atomic mass is 10.0. The Morgan fingerprint density at radius 3 is 2.57 bits per heavy atom. The van der Waals surface area contributed by atoms with E-state index in [0.29, 0.717) is 16.7 Å². The average molecular weight is 418 g/mol. The van der Waals surface area contributed by atoms with Crippen molar-refractivity contribution in [2.45, 2.75) is 19.8 Å². The first-order chi connectivity index (χ1) is 13.3. The molecule has 0 aliphatic heterocycles. The Kier molecular flexibility index (Phi) is 6.18. The topological polar surface area (TPSA) is 94.2 Å². The van der Waals surface area contributed by atoms with Crippen molar-refractivity contribution in [1.82, 2.24) is 4.98 Å². The number of anilines is 2. The molecule has 0 fully saturated rings. The third-order valence-electron chi connectivity index (χ3n) is 4.02. The molecule has 2 aromatic carbocycles. The zero-order valence-corrected chi connectivity index (χ0v) is 16.7. The molecule has 0 radical (unpaired) electrons. The van der Waals surface area contributed by atoms with Gasteiger partial charge in [0.25, 0.3) is 5.91 Å². The fourth-order valence-corrected chi connectivity index (χ4v) is 3.62. The number of rotatable bonds is 6. The SMILES string of the molecule is CC(C)c1ccc(-c2csc(NC(=O)c3ccc(F)cc3NS(=O)[O-])n2)cc1. The molecule has 1 atom stereocenters. The lowest BCUT2D eigenvalue weighted by Gasteiger charge is -2.13. The van der Waals surface area contributed by atoms with Crippen LogP contribution in [0.1, 0.15) is 35.7 Å². The second-order valence-corrected chi connectivity index (χ2v) is 7.83. The van der Waals surface area contributed by atoms with Crippen LogP contribution in [0.2, 0.25) is 0 Å². The summed E-state index contributed by atoms with van der Waals surface area (Å²) in [6, 6.07) is 11.3. The molecule has 0 saturated carbocycles. The largest absolute Gasteiger partial charge is 0.755 e. The van der Waals surface area contributed by atoms with Crippen molar-refractivity contribution in [1.29, 1.82) is 0 Å². The van der Waals surface area contributed by atoms with Gasteiger partial charge in [0.2, 0.25) is 0 Å². The minimum atomic E-state index is -2.68. The highest BCUT2D eigenvalue weighted by Crippen LogP contribution is 2.27. The van der Waals surface area contributed by atoms with Gasteiger partial charge in [-0.05, 0) is 29.7 Å². The number of aromatic nitrogens is 1. The zero-order valence-electron chi connectivity index (χ0n) is 15.1. The van der Waals surface area contributed by atoms with Gasteiger partial charge in [-0.3, -0.25) is 14.3 Å². The Bertz CT molecular complexity index is 1020. The molecule has 1 amide bonds. The molecular formula is C19H17FN3O3S2-. The maximum Gasteiger partial charge on any atom is 0.259 e. The van der Waals surface area contributed by atoms with E-state index in [1.54, 1.807) is 0 Å². The molecule has 6 nitrogen and oxygen atoms in total. The number of carbonyl (C=O) groups excluding carboxylic acids is 1. The number of carbonyl (C=O) groups is 1. The first-order valence-corrected chi connectivity index (χ1v) is 10.3. The maximum atomic E-state index is 13.4. The van der Waals surface area contributed by atoms with Crippen LogP contribution in [-0.4, -0.2) is 19.7 Å². The number of benzene rings is 2. The number of amides is 1. The molecule has 3 rings (SSSR count). The number of thiazole rings is 1. The van der Waals surface area contributed by atoms with Crippen molar-refractivity contribution < 1.29 is 17.9 Å². The highest BCUT2D eigenvalue weighted by Gasteiger charge is 2.15. The minimum absolute atomic E-state index is 0.0105. The van der Waals surface area contributed by atoms with Gasteiger partial charge in [-0.15, -0.1) is 11.3 Å². The predicted octanol–water partition coefficient (Wildman–Crippen LogP) is 4.53. The summed E-state index contributed by atoms with van der Waals surface area (Å²) < 4.78 is 37.1. The van der Waals surface area contributed by atoms with Crippen molar-refractivity contribution in [3.63, 3.8) is 0 Å². The summed E-state index contributed by atoms with van der Waals surface area (Å²) >= 11 is -1.44. The van der Waals surface area contributed by atoms with E-state index in [4.69, 9.17) is 0 Å². The number of nitrogens with zero attached hydrogens (tertiary/aromatic N) is 1. The van der Waals surface area contributed by atoms with Crippen LogP contribution >= 0.6 is 11.3 Å². The molecule has 9 heteroatoms. The van der Waals surface area contributed by atoms with Crippen LogP contribution < -0.4 is 10.0 Å². The van der Waals surface area contributed by atoms with Crippen LogP contribution in [0.15, 0.2) is 47.8 Å². The maximum absolute atomic E-state index is 13.4. The lowest BCUT2D eigenvalue weighted by molar-refractivity contribution is 0.102. The average Bonchev–Trinajstić information content (AvgIpc) is 3.09. The summed E-state index contributed by atoms with van der Waals surface area (Å²) in [6.45, 7) is 4.24. The van der Waals surface area contributed by atoms with Crippen LogP contribution in [0.3, 0.4) is 0 Å². The van der Waals surface area contributed by atoms with E-state index >= 15 is 0 Å². The summed E-state index contributed by atoms with van der Waals surface area (Å²) in [5.74, 6) is -0.823. The number of hydrogen-bond acceptors (Lipinski definition) is 5. The smallest absolute Gasteiger partial charge is 0.259 e. The Hall–Kier alpha value is -2.62. The van der Waals surface area contributed by atoms with Gasteiger partial charge in [-0.1, -0.05) is 38.1 Å². The molecule has 3 aromatic rings. The highest BCUT2D eigenvalue weighted by molar-refractivity contribution is 7.80. The van der Waals surface area contributed by atoms with Gasteiger partial charge in [0.05, 0.1) is 16.9 Å². The van der Waals surface area contributed by atoms with Crippen molar-refractivity contribution in [3.8, 4) is 11.3 Å². The standard InChI is InChI=1S/C19H18FN3O3S2/c1-11(2)12-3-5-13(6-4-12)17-10-27-19(21-17)22-18(24)15-8-7-14(20)9-16(15)23-28(25)26/h3-11,23H,1-2H3,(H,25,26)(H,21,22,24)/p-1. The van der Waals surface area contributed by atoms with Gasteiger partial charge in [-0.2, -0.15) is 0 Å². The van der Waals surface area contributed by atoms with Crippen molar-refractivity contribution >= 4 is 39.3 Å². The van der Waals surface area contributed by atoms with Gasteiger partial charge >= 0.3 is 0 Å². The first-order valence-electron chi connectivity index (χ1n) is 8.36. The first kappa shape index (κ1) is 20.1. The van der Waals surface area contributed by atoms with Crippen LogP contribution in [0.5, 0.6) is 0 Å². The summed E-state index contributed by atoms with van der Waals surface area (Å²) in [5, 5.41) is 4.79. The van der Waals surface area contributed by atoms with Gasteiger partial charge < -0.3 is 9.27 Å². The minimum Gasteiger partial charge on any atom is -0.755 e. The normalized spacial score (nSPS) is 12.0. The van der Waals surface area contributed by atoms with Crippen molar-refractivity contribution in [2.24, 2.45) is 0 Å². The predicted molar refractivity (Wildman–Crippen MR) is 109 cm³/mol. The molecule has 0 saturated heterocycles. The summed E-state index contributed by atoms with van der Waals surface area (Å²) in [5.41, 5.74) is 2.70. The van der Waals surface area contributed by atoms with E-state index in [1.807, 2.05) is 34.4 Å². The van der Waals surface area contributed by atoms with Crippen LogP contribution in [-0.2, 0) is 11.3 Å². The molecule has 146 valence electrons. The molecule has 28 heavy (non-hydrogen) atoms. The number of halogens is 1. The lowest BCUT2D eigenvalue weighted by Crippen LogP contribution is -2.15. The number of nitrogens with one attached hydrogen (secondary N) is 2. The van der Waals surface area contributed by atoms with E-state index in [1.165, 1.54) is 23.0 Å². The Morgan fingerprint density at radius 2 is 1.93 bits per heavy atom. The fraction of sp³-hybridized carbons (Fsp3) is 0.158. The quantitative estimate of drug-likeness (QED) is 0.575. The molecule has 0 aliphatic rings. The van der Waals surface area contributed by atoms with Gasteiger partial charge in [0.15, 0.2) is 5.13 Å². The Morgan fingerprint density at radius 1 is 1.21 bits per heavy atom. The molecular weight excluding hydrogens is 401 g/mol. The van der Waals surface area contributed by atoms with Crippen molar-refractivity contribution in [3.05, 3.63) is 64.8 Å². The second kappa shape index (κ2) is 8.59. The molecule has 0 spiro atoms. The van der Waals surface area contributed by atoms with E-state index < -0.39 is 23.0 Å². The monoisotopic (exact) mass is 418 g/mol. The summed E-state index contributed by atoms with van der Waals surface area (Å²) in [4.78, 5) is 16.9. The van der Waals surface area contributed by atoms with Gasteiger partial charge in [-0.25, -0.2) is 9.37 Å². The second-order valence-electron chi connectivity index (χ2n) is 6.30. The third kappa shape index (κ3) is 4.80. The fourth-order valence-electron chi connectivity index (χ4n) is 2.56. The Labute approximate surface area is 168 Å². The van der Waals surface area contributed by atoms with Crippen molar-refractivity contribution in [2.75, 3.05) is 10.0 Å². The van der Waals surface area contributed by atoms with E-state index in [-0.39, 0.29) is 11.3 Å². The molecule has 1 aromatic heterocycles. The van der Waals surface area contributed by atoms with E-state index in [9.17, 15) is 17.9 Å². The third-order valence-corrected chi connectivity index (χ3v) is 5.16. The summed E-state index contributed by atoms with van der Waals surface area (Å²) in [6.07, 6.45) is 0. The molecule has 0 bridgehead atoms. The van der Waals surface area contributed by atoms with Gasteiger partial charge in [0.1, 0.15) is 5.82 Å². The molecule has 1 heterocycles. The molecule has 0 aliphatic carbocycles. The number of hydrogen-bond donors (Lipinski definition) is 2. The highest BCUT2D eigenvalue weighted by atomic mass is 32.2. The van der Waals surface area contributed by atoms with Crippen LogP contribution in [0.25, 0.3) is 11.3 Å². The van der Waals surface area contributed by atoms with E-state index in [2.05, 4.69) is 24.1 Å². The zero-order chi connectivity index (χ0) is 20.3. The summed E-state index contributed by atoms with van der Waals surface area (Å²) in [7, 11) is 0. The Balaban J connectivity index is 1.78. The van der Waals surface area contributed by atoms with Gasteiger partial charge in [0, 0.05) is 22.2 Å².